The number of halogens is 1. The van der Waals surface area contributed by atoms with Gasteiger partial charge in [0, 0.05) is 17.3 Å². The molecule has 0 unspecified atom stereocenters. The van der Waals surface area contributed by atoms with Gasteiger partial charge in [-0.15, -0.1) is 0 Å². The van der Waals surface area contributed by atoms with Crippen molar-refractivity contribution >= 4 is 21.2 Å². The predicted molar refractivity (Wildman–Crippen MR) is 157 cm³/mol. The fourth-order valence-corrected chi connectivity index (χ4v) is 7.09. The van der Waals surface area contributed by atoms with Crippen molar-refractivity contribution in [1.82, 2.24) is 4.57 Å². The van der Waals surface area contributed by atoms with Crippen LogP contribution in [0.3, 0.4) is 0 Å². The molecule has 1 N–H and O–H groups in total. The Hall–Kier alpha value is -3.45. The summed E-state index contributed by atoms with van der Waals surface area (Å²) in [6, 6.07) is 12.7. The molecule has 5 nitrogen and oxygen atoms in total. The highest BCUT2D eigenvalue weighted by Crippen LogP contribution is 2.43. The zero-order valence-corrected chi connectivity index (χ0v) is 23.8. The molecule has 0 bridgehead atoms. The lowest BCUT2D eigenvalue weighted by Crippen LogP contribution is -2.31. The summed E-state index contributed by atoms with van der Waals surface area (Å²) in [4.78, 5) is 14.1. The highest BCUT2D eigenvalue weighted by Gasteiger charge is 2.34. The summed E-state index contributed by atoms with van der Waals surface area (Å²) < 4.78 is 42.0. The van der Waals surface area contributed by atoms with E-state index in [4.69, 9.17) is 0 Å². The van der Waals surface area contributed by atoms with Gasteiger partial charge in [0.1, 0.15) is 5.82 Å². The van der Waals surface area contributed by atoms with E-state index < -0.39 is 9.84 Å². The molecular weight excluding hydrogens is 511 g/mol. The van der Waals surface area contributed by atoms with Gasteiger partial charge in [0.05, 0.1) is 28.5 Å². The van der Waals surface area contributed by atoms with Crippen LogP contribution in [0.2, 0.25) is 0 Å². The first-order valence-electron chi connectivity index (χ1n) is 13.5. The van der Waals surface area contributed by atoms with Crippen LogP contribution in [0.1, 0.15) is 67.1 Å². The quantitative estimate of drug-likeness (QED) is 0.334. The van der Waals surface area contributed by atoms with Gasteiger partial charge in [-0.25, -0.2) is 12.8 Å². The smallest absolute Gasteiger partial charge is 0.260 e. The molecule has 2 aromatic carbocycles. The SMILES string of the molecule is C=C1Cc2c(-c3cccc(CS(=O)(=O)CCC)c3)c(C)n(C3CC3)c(=O)c2C(Nc2ccc(C)cc2F)=C1C. The molecule has 0 spiro atoms. The number of pyridine rings is 1. The molecule has 0 atom stereocenters. The minimum Gasteiger partial charge on any atom is -0.352 e. The van der Waals surface area contributed by atoms with Gasteiger partial charge in [0.25, 0.3) is 5.56 Å². The van der Waals surface area contributed by atoms with E-state index in [0.29, 0.717) is 29.8 Å². The van der Waals surface area contributed by atoms with Gasteiger partial charge in [-0.05, 0) is 92.0 Å². The lowest BCUT2D eigenvalue weighted by Gasteiger charge is -2.29. The number of sulfone groups is 1. The standard InChI is InChI=1S/C32H35FN2O3S/c1-6-14-39(37,38)18-23-8-7-9-24(17-23)29-22(5)35(25-11-12-25)32(36)30-26(29)16-20(3)21(4)31(30)34-28-13-10-19(2)15-27(28)33/h7-10,13,15,17,25,34H,3,6,11-12,14,16,18H2,1-2,4-5H3. The van der Waals surface area contributed by atoms with Crippen molar-refractivity contribution in [3.63, 3.8) is 0 Å². The molecule has 3 aromatic rings. The van der Waals surface area contributed by atoms with Crippen molar-refractivity contribution in [3.8, 4) is 11.1 Å². The van der Waals surface area contributed by atoms with Crippen molar-refractivity contribution < 1.29 is 12.8 Å². The molecule has 2 aliphatic rings. The second-order valence-corrected chi connectivity index (χ2v) is 13.1. The van der Waals surface area contributed by atoms with Gasteiger partial charge in [-0.3, -0.25) is 4.79 Å². The van der Waals surface area contributed by atoms with Gasteiger partial charge in [0.15, 0.2) is 9.84 Å². The summed E-state index contributed by atoms with van der Waals surface area (Å²) in [6.45, 7) is 11.9. The normalized spacial score (nSPS) is 15.5. The van der Waals surface area contributed by atoms with Gasteiger partial charge in [0.2, 0.25) is 0 Å². The van der Waals surface area contributed by atoms with E-state index >= 15 is 0 Å². The first kappa shape index (κ1) is 27.1. The number of rotatable bonds is 8. The van der Waals surface area contributed by atoms with Gasteiger partial charge in [-0.2, -0.15) is 0 Å². The maximum absolute atomic E-state index is 14.9. The van der Waals surface area contributed by atoms with Crippen LogP contribution in [0.25, 0.3) is 16.8 Å². The van der Waals surface area contributed by atoms with Crippen molar-refractivity contribution in [2.24, 2.45) is 0 Å². The number of nitrogens with one attached hydrogen (secondary N) is 1. The zero-order valence-electron chi connectivity index (χ0n) is 23.0. The Balaban J connectivity index is 1.72. The molecule has 1 fully saturated rings. The van der Waals surface area contributed by atoms with Gasteiger partial charge in [-0.1, -0.05) is 43.8 Å². The molecule has 1 saturated carbocycles. The maximum atomic E-state index is 14.9. The van der Waals surface area contributed by atoms with E-state index in [1.807, 2.05) is 62.6 Å². The fraction of sp³-hybridized carbons (Fsp3) is 0.344. The van der Waals surface area contributed by atoms with E-state index in [1.54, 1.807) is 6.07 Å². The summed E-state index contributed by atoms with van der Waals surface area (Å²) in [5.41, 5.74) is 8.04. The van der Waals surface area contributed by atoms with Crippen LogP contribution in [0.5, 0.6) is 0 Å². The Morgan fingerprint density at radius 2 is 1.82 bits per heavy atom. The Kier molecular flexibility index (Phi) is 7.14. The van der Waals surface area contributed by atoms with Crippen molar-refractivity contribution in [1.29, 1.82) is 0 Å². The third-order valence-electron chi connectivity index (χ3n) is 7.72. The number of aryl methyl sites for hydroxylation is 1. The molecule has 2 aliphatic carbocycles. The Morgan fingerprint density at radius 3 is 2.49 bits per heavy atom. The van der Waals surface area contributed by atoms with Crippen LogP contribution >= 0.6 is 0 Å². The van der Waals surface area contributed by atoms with Crippen molar-refractivity contribution in [3.05, 3.63) is 104 Å². The van der Waals surface area contributed by atoms with Crippen LogP contribution in [0.4, 0.5) is 10.1 Å². The largest absolute Gasteiger partial charge is 0.352 e. The van der Waals surface area contributed by atoms with E-state index in [0.717, 1.165) is 57.5 Å². The molecule has 1 aromatic heterocycles. The molecule has 0 aliphatic heterocycles. The van der Waals surface area contributed by atoms with Crippen LogP contribution in [-0.2, 0) is 22.0 Å². The molecule has 204 valence electrons. The zero-order chi connectivity index (χ0) is 28.1. The maximum Gasteiger partial charge on any atom is 0.260 e. The number of fused-ring (bicyclic) bond motifs is 1. The van der Waals surface area contributed by atoms with E-state index in [2.05, 4.69) is 11.9 Å². The number of allylic oxidation sites excluding steroid dienone is 2. The minimum atomic E-state index is -3.22. The number of anilines is 1. The Morgan fingerprint density at radius 1 is 1.08 bits per heavy atom. The average Bonchev–Trinajstić information content (AvgIpc) is 3.68. The summed E-state index contributed by atoms with van der Waals surface area (Å²) >= 11 is 0. The van der Waals surface area contributed by atoms with Gasteiger partial charge >= 0.3 is 0 Å². The summed E-state index contributed by atoms with van der Waals surface area (Å²) in [5.74, 6) is -0.264. The van der Waals surface area contributed by atoms with Crippen LogP contribution in [0.15, 0.2) is 65.0 Å². The number of nitrogens with zero attached hydrogens (tertiary/aromatic N) is 1. The highest BCUT2D eigenvalue weighted by molar-refractivity contribution is 7.90. The summed E-state index contributed by atoms with van der Waals surface area (Å²) in [5, 5.41) is 3.25. The fourth-order valence-electron chi connectivity index (χ4n) is 5.63. The number of hydrogen-bond acceptors (Lipinski definition) is 4. The second kappa shape index (κ2) is 10.3. The van der Waals surface area contributed by atoms with Gasteiger partial charge < -0.3 is 9.88 Å². The summed E-state index contributed by atoms with van der Waals surface area (Å²) in [7, 11) is -3.22. The average molecular weight is 547 g/mol. The van der Waals surface area contributed by atoms with Crippen LogP contribution in [0, 0.1) is 19.7 Å². The number of hydrogen-bond donors (Lipinski definition) is 1. The third kappa shape index (κ3) is 5.24. The minimum absolute atomic E-state index is 0.0244. The molecule has 0 amide bonds. The lowest BCUT2D eigenvalue weighted by atomic mass is 9.82. The monoisotopic (exact) mass is 546 g/mol. The topological polar surface area (TPSA) is 68.2 Å². The second-order valence-electron chi connectivity index (χ2n) is 10.9. The number of benzene rings is 2. The summed E-state index contributed by atoms with van der Waals surface area (Å²) in [6.07, 6.45) is 2.92. The molecule has 7 heteroatoms. The predicted octanol–water partition coefficient (Wildman–Crippen LogP) is 6.89. The van der Waals surface area contributed by atoms with Crippen molar-refractivity contribution in [2.75, 3.05) is 11.1 Å². The van der Waals surface area contributed by atoms with Crippen LogP contribution in [-0.4, -0.2) is 18.7 Å². The molecule has 1 heterocycles. The molecular formula is C32H35FN2O3S. The molecule has 0 saturated heterocycles. The van der Waals surface area contributed by atoms with Crippen molar-refractivity contribution in [2.45, 2.75) is 65.2 Å². The van der Waals surface area contributed by atoms with E-state index in [1.165, 1.54) is 6.07 Å². The lowest BCUT2D eigenvalue weighted by molar-refractivity contribution is 0.594. The molecule has 39 heavy (non-hydrogen) atoms. The van der Waals surface area contributed by atoms with E-state index in [-0.39, 0.29) is 28.9 Å². The Labute approximate surface area is 230 Å². The number of aromatic nitrogens is 1. The van der Waals surface area contributed by atoms with Crippen LogP contribution < -0.4 is 10.9 Å². The molecule has 0 radical (unpaired) electrons. The first-order chi connectivity index (χ1) is 18.5. The third-order valence-corrected chi connectivity index (χ3v) is 9.52. The highest BCUT2D eigenvalue weighted by atomic mass is 32.2. The Bertz CT molecular complexity index is 1690. The van der Waals surface area contributed by atoms with E-state index in [9.17, 15) is 17.6 Å². The molecule has 5 rings (SSSR count). The first-order valence-corrected chi connectivity index (χ1v) is 15.3.